The molecular weight excluding hydrogens is 308 g/mol. The minimum absolute atomic E-state index is 0.0279. The molecule has 0 radical (unpaired) electrons. The first-order valence-electron chi connectivity index (χ1n) is 7.64. The zero-order valence-electron chi connectivity index (χ0n) is 12.7. The second-order valence-corrected chi connectivity index (χ2v) is 6.50. The number of amides is 1. The predicted molar refractivity (Wildman–Crippen MR) is 93.9 cm³/mol. The number of hydrogen-bond donors (Lipinski definition) is 2. The van der Waals surface area contributed by atoms with E-state index >= 15 is 0 Å². The lowest BCUT2D eigenvalue weighted by Gasteiger charge is -2.05. The lowest BCUT2D eigenvalue weighted by molar-refractivity contribution is -0.116. The zero-order valence-corrected chi connectivity index (χ0v) is 13.5. The number of nitrogens with zero attached hydrogens (tertiary/aromatic N) is 1. The molecule has 2 N–H and O–H groups in total. The van der Waals surface area contributed by atoms with Gasteiger partial charge < -0.3 is 10.4 Å². The first kappa shape index (κ1) is 15.5. The van der Waals surface area contributed by atoms with E-state index in [-0.39, 0.29) is 11.7 Å². The molecule has 0 saturated heterocycles. The number of phenolic OH excluding ortho intramolecular Hbond substituents is 1. The van der Waals surface area contributed by atoms with Crippen LogP contribution >= 0.6 is 11.3 Å². The predicted octanol–water partition coefficient (Wildman–Crippen LogP) is 4.35. The van der Waals surface area contributed by atoms with Crippen LogP contribution in [-0.2, 0) is 11.2 Å². The van der Waals surface area contributed by atoms with Crippen molar-refractivity contribution in [1.82, 2.24) is 4.98 Å². The molecule has 0 atom stereocenters. The highest BCUT2D eigenvalue weighted by Gasteiger charge is 2.05. The molecule has 0 aliphatic heterocycles. The summed E-state index contributed by atoms with van der Waals surface area (Å²) in [6.07, 6.45) is 3.13. The summed E-state index contributed by atoms with van der Waals surface area (Å²) in [5.41, 5.74) is 1.68. The van der Waals surface area contributed by atoms with Crippen molar-refractivity contribution in [2.24, 2.45) is 0 Å². The molecule has 118 valence electrons. The van der Waals surface area contributed by atoms with Crippen LogP contribution in [0, 0.1) is 0 Å². The van der Waals surface area contributed by atoms with E-state index < -0.39 is 0 Å². The van der Waals surface area contributed by atoms with Crippen molar-refractivity contribution >= 4 is 33.1 Å². The maximum absolute atomic E-state index is 11.9. The molecule has 0 spiro atoms. The molecule has 23 heavy (non-hydrogen) atoms. The first-order valence-corrected chi connectivity index (χ1v) is 8.46. The molecule has 0 aliphatic carbocycles. The fourth-order valence-electron chi connectivity index (χ4n) is 2.40. The second-order valence-electron chi connectivity index (χ2n) is 5.38. The van der Waals surface area contributed by atoms with Crippen LogP contribution in [0.2, 0.25) is 0 Å². The maximum atomic E-state index is 11.9. The van der Waals surface area contributed by atoms with E-state index in [2.05, 4.69) is 16.4 Å². The van der Waals surface area contributed by atoms with E-state index in [1.165, 1.54) is 4.70 Å². The highest BCUT2D eigenvalue weighted by molar-refractivity contribution is 7.18. The fraction of sp³-hybridized carbons (Fsp3) is 0.222. The molecule has 1 heterocycles. The number of anilines is 1. The number of carbonyl (C=O) groups is 1. The normalized spacial score (nSPS) is 10.8. The second kappa shape index (κ2) is 7.24. The Hall–Kier alpha value is -2.40. The molecule has 3 rings (SSSR count). The number of nitrogens with one attached hydrogen (secondary N) is 1. The number of hydrogen-bond acceptors (Lipinski definition) is 4. The van der Waals surface area contributed by atoms with Gasteiger partial charge in [0.25, 0.3) is 0 Å². The molecule has 0 fully saturated rings. The fourth-order valence-corrected chi connectivity index (χ4v) is 3.40. The summed E-state index contributed by atoms with van der Waals surface area (Å²) in [5.74, 6) is 0.124. The number of rotatable bonds is 6. The summed E-state index contributed by atoms with van der Waals surface area (Å²) in [4.78, 5) is 16.5. The van der Waals surface area contributed by atoms with Gasteiger partial charge in [-0.1, -0.05) is 18.2 Å². The van der Waals surface area contributed by atoms with Crippen molar-refractivity contribution in [3.8, 4) is 5.75 Å². The summed E-state index contributed by atoms with van der Waals surface area (Å²) in [6.45, 7) is 0. The van der Waals surface area contributed by atoms with Gasteiger partial charge in [0.15, 0.2) is 0 Å². The average Bonchev–Trinajstić information content (AvgIpc) is 2.94. The van der Waals surface area contributed by atoms with E-state index in [1.807, 2.05) is 18.2 Å². The smallest absolute Gasteiger partial charge is 0.224 e. The average molecular weight is 326 g/mol. The third-order valence-electron chi connectivity index (χ3n) is 3.51. The Kier molecular flexibility index (Phi) is 4.88. The van der Waals surface area contributed by atoms with E-state index in [9.17, 15) is 9.90 Å². The van der Waals surface area contributed by atoms with E-state index in [1.54, 1.807) is 35.6 Å². The van der Waals surface area contributed by atoms with Gasteiger partial charge in [0.05, 0.1) is 15.2 Å². The van der Waals surface area contributed by atoms with Gasteiger partial charge in [0, 0.05) is 18.2 Å². The number of benzene rings is 2. The van der Waals surface area contributed by atoms with Gasteiger partial charge in [-0.05, 0) is 43.5 Å². The van der Waals surface area contributed by atoms with Gasteiger partial charge in [0.1, 0.15) is 5.75 Å². The molecule has 3 aromatic rings. The third kappa shape index (κ3) is 4.29. The van der Waals surface area contributed by atoms with Crippen LogP contribution in [0.25, 0.3) is 10.2 Å². The van der Waals surface area contributed by atoms with Crippen LogP contribution < -0.4 is 5.32 Å². The molecule has 0 aliphatic rings. The Morgan fingerprint density at radius 2 is 2.00 bits per heavy atom. The highest BCUT2D eigenvalue weighted by atomic mass is 32.1. The SMILES string of the molecule is O=C(CCCCc1nc2ccccc2s1)Nc1cccc(O)c1. The van der Waals surface area contributed by atoms with E-state index in [0.29, 0.717) is 12.1 Å². The topological polar surface area (TPSA) is 62.2 Å². The summed E-state index contributed by atoms with van der Waals surface area (Å²) in [7, 11) is 0. The Labute approximate surface area is 138 Å². The van der Waals surface area contributed by atoms with Crippen LogP contribution in [-0.4, -0.2) is 16.0 Å². The number of phenols is 1. The molecule has 0 bridgehead atoms. The van der Waals surface area contributed by atoms with Crippen molar-refractivity contribution in [3.63, 3.8) is 0 Å². The molecular formula is C18H18N2O2S. The Bertz CT molecular complexity index is 780. The minimum atomic E-state index is -0.0279. The standard InChI is InChI=1S/C18H18N2O2S/c21-14-7-5-6-13(12-14)19-17(22)10-3-4-11-18-20-15-8-1-2-9-16(15)23-18/h1-2,5-9,12,21H,3-4,10-11H2,(H,19,22). The molecule has 5 heteroatoms. The van der Waals surface area contributed by atoms with Gasteiger partial charge in [-0.3, -0.25) is 4.79 Å². The van der Waals surface area contributed by atoms with Crippen LogP contribution in [0.15, 0.2) is 48.5 Å². The van der Waals surface area contributed by atoms with Crippen LogP contribution in [0.1, 0.15) is 24.3 Å². The minimum Gasteiger partial charge on any atom is -0.508 e. The number of para-hydroxylation sites is 1. The molecule has 4 nitrogen and oxygen atoms in total. The molecule has 0 saturated carbocycles. The Morgan fingerprint density at radius 1 is 1.13 bits per heavy atom. The number of thiazole rings is 1. The quantitative estimate of drug-likeness (QED) is 0.662. The zero-order chi connectivity index (χ0) is 16.1. The van der Waals surface area contributed by atoms with Gasteiger partial charge >= 0.3 is 0 Å². The monoisotopic (exact) mass is 326 g/mol. The van der Waals surface area contributed by atoms with Crippen LogP contribution in [0.3, 0.4) is 0 Å². The Balaban J connectivity index is 1.43. The number of carbonyl (C=O) groups excluding carboxylic acids is 1. The number of aromatic nitrogens is 1. The summed E-state index contributed by atoms with van der Waals surface area (Å²) in [5, 5.41) is 13.3. The van der Waals surface area contributed by atoms with E-state index in [0.717, 1.165) is 29.8 Å². The lowest BCUT2D eigenvalue weighted by Crippen LogP contribution is -2.10. The number of aryl methyl sites for hydroxylation is 1. The molecule has 0 unspecified atom stereocenters. The number of fused-ring (bicyclic) bond motifs is 1. The van der Waals surface area contributed by atoms with Crippen molar-refractivity contribution in [2.75, 3.05) is 5.32 Å². The van der Waals surface area contributed by atoms with Crippen LogP contribution in [0.4, 0.5) is 5.69 Å². The summed E-state index contributed by atoms with van der Waals surface area (Å²) in [6, 6.07) is 14.7. The first-order chi connectivity index (χ1) is 11.2. The summed E-state index contributed by atoms with van der Waals surface area (Å²) >= 11 is 1.72. The Morgan fingerprint density at radius 3 is 2.83 bits per heavy atom. The highest BCUT2D eigenvalue weighted by Crippen LogP contribution is 2.23. The van der Waals surface area contributed by atoms with Crippen molar-refractivity contribution < 1.29 is 9.90 Å². The number of unbranched alkanes of at least 4 members (excludes halogenated alkanes) is 1. The van der Waals surface area contributed by atoms with Gasteiger partial charge in [-0.2, -0.15) is 0 Å². The van der Waals surface area contributed by atoms with Crippen molar-refractivity contribution in [1.29, 1.82) is 0 Å². The maximum Gasteiger partial charge on any atom is 0.224 e. The lowest BCUT2D eigenvalue weighted by atomic mass is 10.2. The van der Waals surface area contributed by atoms with Crippen LogP contribution in [0.5, 0.6) is 5.75 Å². The number of aromatic hydroxyl groups is 1. The van der Waals surface area contributed by atoms with Crippen molar-refractivity contribution in [3.05, 3.63) is 53.5 Å². The largest absolute Gasteiger partial charge is 0.508 e. The molecule has 2 aromatic carbocycles. The molecule has 1 aromatic heterocycles. The summed E-state index contributed by atoms with van der Waals surface area (Å²) < 4.78 is 1.21. The van der Waals surface area contributed by atoms with Gasteiger partial charge in [-0.25, -0.2) is 4.98 Å². The molecule has 1 amide bonds. The van der Waals surface area contributed by atoms with Gasteiger partial charge in [-0.15, -0.1) is 11.3 Å². The third-order valence-corrected chi connectivity index (χ3v) is 4.61. The van der Waals surface area contributed by atoms with E-state index in [4.69, 9.17) is 0 Å². The van der Waals surface area contributed by atoms with Gasteiger partial charge in [0.2, 0.25) is 5.91 Å². The van der Waals surface area contributed by atoms with Crippen molar-refractivity contribution in [2.45, 2.75) is 25.7 Å².